The van der Waals surface area contributed by atoms with Gasteiger partial charge in [-0.2, -0.15) is 0 Å². The van der Waals surface area contributed by atoms with E-state index in [0.717, 1.165) is 55.4 Å². The topological polar surface area (TPSA) is 66.3 Å². The van der Waals surface area contributed by atoms with E-state index in [9.17, 15) is 5.11 Å². The van der Waals surface area contributed by atoms with Crippen molar-refractivity contribution in [1.82, 2.24) is 10.2 Å². The third-order valence-electron chi connectivity index (χ3n) is 4.82. The van der Waals surface area contributed by atoms with Gasteiger partial charge in [-0.25, -0.2) is 0 Å². The molecule has 1 aromatic carbocycles. The lowest BCUT2D eigenvalue weighted by molar-refractivity contribution is 0.136. The number of benzene rings is 1. The SMILES string of the molecule is CCNC(=NCC1CCCC1O)N(C)Cc1ccc2c(c1)OCCO2. The van der Waals surface area contributed by atoms with E-state index in [1.807, 2.05) is 19.2 Å². The fourth-order valence-electron chi connectivity index (χ4n) is 3.44. The van der Waals surface area contributed by atoms with E-state index >= 15 is 0 Å². The number of hydrogen-bond donors (Lipinski definition) is 2. The molecule has 2 unspecified atom stereocenters. The van der Waals surface area contributed by atoms with Crippen molar-refractivity contribution in [2.75, 3.05) is 33.4 Å². The fraction of sp³-hybridized carbons (Fsp3) is 0.632. The largest absolute Gasteiger partial charge is 0.486 e. The van der Waals surface area contributed by atoms with Gasteiger partial charge in [0.2, 0.25) is 0 Å². The van der Waals surface area contributed by atoms with Gasteiger partial charge >= 0.3 is 0 Å². The molecule has 1 aliphatic heterocycles. The molecule has 0 aromatic heterocycles. The van der Waals surface area contributed by atoms with Gasteiger partial charge in [0.15, 0.2) is 17.5 Å². The molecule has 6 nitrogen and oxygen atoms in total. The van der Waals surface area contributed by atoms with Crippen LogP contribution < -0.4 is 14.8 Å². The van der Waals surface area contributed by atoms with Crippen LogP contribution in [0.15, 0.2) is 23.2 Å². The van der Waals surface area contributed by atoms with Crippen molar-refractivity contribution in [3.8, 4) is 11.5 Å². The molecule has 0 amide bonds. The number of fused-ring (bicyclic) bond motifs is 1. The second-order valence-corrected chi connectivity index (χ2v) is 6.79. The predicted octanol–water partition coefficient (Wildman–Crippen LogP) is 2.02. The Bertz CT molecular complexity index is 606. The van der Waals surface area contributed by atoms with E-state index in [0.29, 0.717) is 19.8 Å². The van der Waals surface area contributed by atoms with Crippen LogP contribution in [0.1, 0.15) is 31.7 Å². The van der Waals surface area contributed by atoms with Crippen LogP contribution in [0.4, 0.5) is 0 Å². The Morgan fingerprint density at radius 1 is 1.28 bits per heavy atom. The summed E-state index contributed by atoms with van der Waals surface area (Å²) in [5, 5.41) is 13.3. The first kappa shape index (κ1) is 17.9. The minimum absolute atomic E-state index is 0.199. The monoisotopic (exact) mass is 347 g/mol. The molecular weight excluding hydrogens is 318 g/mol. The van der Waals surface area contributed by atoms with Gasteiger partial charge in [-0.3, -0.25) is 4.99 Å². The summed E-state index contributed by atoms with van der Waals surface area (Å²) in [7, 11) is 2.03. The van der Waals surface area contributed by atoms with Crippen LogP contribution in [-0.4, -0.2) is 55.4 Å². The van der Waals surface area contributed by atoms with E-state index in [1.54, 1.807) is 0 Å². The molecule has 138 valence electrons. The summed E-state index contributed by atoms with van der Waals surface area (Å²) < 4.78 is 11.2. The van der Waals surface area contributed by atoms with Crippen molar-refractivity contribution in [2.24, 2.45) is 10.9 Å². The molecule has 1 heterocycles. The lowest BCUT2D eigenvalue weighted by Crippen LogP contribution is -2.39. The van der Waals surface area contributed by atoms with Crippen molar-refractivity contribution < 1.29 is 14.6 Å². The molecule has 2 atom stereocenters. The van der Waals surface area contributed by atoms with Crippen molar-refractivity contribution >= 4 is 5.96 Å². The summed E-state index contributed by atoms with van der Waals surface area (Å²) in [6.07, 6.45) is 2.87. The fourth-order valence-corrected chi connectivity index (χ4v) is 3.44. The highest BCUT2D eigenvalue weighted by Crippen LogP contribution is 2.31. The van der Waals surface area contributed by atoms with Crippen LogP contribution in [-0.2, 0) is 6.54 Å². The Labute approximate surface area is 149 Å². The number of rotatable bonds is 5. The van der Waals surface area contributed by atoms with E-state index < -0.39 is 0 Å². The van der Waals surface area contributed by atoms with Crippen LogP contribution >= 0.6 is 0 Å². The molecular formula is C19H29N3O3. The molecule has 25 heavy (non-hydrogen) atoms. The molecule has 1 aromatic rings. The molecule has 2 N–H and O–H groups in total. The zero-order valence-corrected chi connectivity index (χ0v) is 15.2. The van der Waals surface area contributed by atoms with Gasteiger partial charge in [-0.15, -0.1) is 0 Å². The summed E-state index contributed by atoms with van der Waals surface area (Å²) in [4.78, 5) is 6.85. The molecule has 3 rings (SSSR count). The highest BCUT2D eigenvalue weighted by molar-refractivity contribution is 5.79. The van der Waals surface area contributed by atoms with E-state index in [-0.39, 0.29) is 12.0 Å². The first-order chi connectivity index (χ1) is 12.2. The van der Waals surface area contributed by atoms with Gasteiger partial charge in [0, 0.05) is 32.6 Å². The third kappa shape index (κ3) is 4.57. The Balaban J connectivity index is 1.64. The summed E-state index contributed by atoms with van der Waals surface area (Å²) in [5.41, 5.74) is 1.15. The van der Waals surface area contributed by atoms with Crippen LogP contribution in [0.3, 0.4) is 0 Å². The zero-order chi connectivity index (χ0) is 17.6. The quantitative estimate of drug-likeness (QED) is 0.630. The minimum atomic E-state index is -0.199. The van der Waals surface area contributed by atoms with Gasteiger partial charge in [0.05, 0.1) is 6.10 Å². The average Bonchev–Trinajstić information content (AvgIpc) is 3.03. The first-order valence-electron chi connectivity index (χ1n) is 9.23. The standard InChI is InChI=1S/C19H29N3O3/c1-3-20-19(21-12-15-5-4-6-16(15)23)22(2)13-14-7-8-17-18(11-14)25-10-9-24-17/h7-8,11,15-16,23H,3-6,9-10,12-13H2,1-2H3,(H,20,21). The molecule has 1 saturated carbocycles. The third-order valence-corrected chi connectivity index (χ3v) is 4.82. The van der Waals surface area contributed by atoms with E-state index in [4.69, 9.17) is 14.5 Å². The molecule has 0 bridgehead atoms. The molecule has 6 heteroatoms. The molecule has 0 radical (unpaired) electrons. The number of hydrogen-bond acceptors (Lipinski definition) is 4. The summed E-state index contributed by atoms with van der Waals surface area (Å²) in [6, 6.07) is 6.07. The number of aliphatic hydroxyl groups is 1. The Morgan fingerprint density at radius 3 is 2.80 bits per heavy atom. The van der Waals surface area contributed by atoms with E-state index in [2.05, 4.69) is 23.2 Å². The van der Waals surface area contributed by atoms with Gasteiger partial charge in [-0.1, -0.05) is 12.5 Å². The maximum Gasteiger partial charge on any atom is 0.193 e. The molecule has 0 spiro atoms. The second kappa shape index (κ2) is 8.43. The Kier molecular flexibility index (Phi) is 6.02. The number of aliphatic imine (C=N–C) groups is 1. The second-order valence-electron chi connectivity index (χ2n) is 6.79. The van der Waals surface area contributed by atoms with Gasteiger partial charge in [0.25, 0.3) is 0 Å². The Morgan fingerprint density at radius 2 is 2.08 bits per heavy atom. The molecule has 1 aliphatic carbocycles. The summed E-state index contributed by atoms with van der Waals surface area (Å²) >= 11 is 0. The van der Waals surface area contributed by atoms with Gasteiger partial charge in [-0.05, 0) is 37.5 Å². The van der Waals surface area contributed by atoms with Crippen molar-refractivity contribution in [2.45, 2.75) is 38.8 Å². The highest BCUT2D eigenvalue weighted by atomic mass is 16.6. The maximum atomic E-state index is 9.99. The van der Waals surface area contributed by atoms with Crippen LogP contribution in [0, 0.1) is 5.92 Å². The minimum Gasteiger partial charge on any atom is -0.486 e. The molecule has 2 aliphatic rings. The van der Waals surface area contributed by atoms with Gasteiger partial charge in [0.1, 0.15) is 13.2 Å². The normalized spacial score (nSPS) is 22.8. The van der Waals surface area contributed by atoms with Crippen LogP contribution in [0.25, 0.3) is 0 Å². The van der Waals surface area contributed by atoms with Crippen LogP contribution in [0.5, 0.6) is 11.5 Å². The first-order valence-corrected chi connectivity index (χ1v) is 9.23. The number of aliphatic hydroxyl groups excluding tert-OH is 1. The predicted molar refractivity (Wildman–Crippen MR) is 98.2 cm³/mol. The van der Waals surface area contributed by atoms with Crippen molar-refractivity contribution in [3.05, 3.63) is 23.8 Å². The maximum absolute atomic E-state index is 9.99. The average molecular weight is 347 g/mol. The van der Waals surface area contributed by atoms with Gasteiger partial charge < -0.3 is 24.8 Å². The van der Waals surface area contributed by atoms with E-state index in [1.165, 1.54) is 0 Å². The number of guanidine groups is 1. The Hall–Kier alpha value is -1.95. The smallest absolute Gasteiger partial charge is 0.193 e. The summed E-state index contributed by atoms with van der Waals surface area (Å²) in [5.74, 6) is 2.79. The van der Waals surface area contributed by atoms with Crippen LogP contribution in [0.2, 0.25) is 0 Å². The highest BCUT2D eigenvalue weighted by Gasteiger charge is 2.25. The number of ether oxygens (including phenoxy) is 2. The number of nitrogens with one attached hydrogen (secondary N) is 1. The number of nitrogens with zero attached hydrogens (tertiary/aromatic N) is 2. The molecule has 1 fully saturated rings. The lowest BCUT2D eigenvalue weighted by atomic mass is 10.1. The lowest BCUT2D eigenvalue weighted by Gasteiger charge is -2.24. The zero-order valence-electron chi connectivity index (χ0n) is 15.2. The van der Waals surface area contributed by atoms with Crippen molar-refractivity contribution in [1.29, 1.82) is 0 Å². The summed E-state index contributed by atoms with van der Waals surface area (Å²) in [6.45, 7) is 5.50. The molecule has 0 saturated heterocycles. The van der Waals surface area contributed by atoms with Crippen molar-refractivity contribution in [3.63, 3.8) is 0 Å².